The highest BCUT2D eigenvalue weighted by Gasteiger charge is 2.37. The van der Waals surface area contributed by atoms with Gasteiger partial charge in [-0.1, -0.05) is 18.2 Å². The molecule has 7 nitrogen and oxygen atoms in total. The molecule has 1 saturated heterocycles. The molecule has 1 fully saturated rings. The van der Waals surface area contributed by atoms with Crippen LogP contribution in [-0.4, -0.2) is 28.3 Å². The molecule has 0 spiro atoms. The van der Waals surface area contributed by atoms with E-state index in [0.717, 1.165) is 23.9 Å². The van der Waals surface area contributed by atoms with Gasteiger partial charge in [0.2, 0.25) is 11.8 Å². The van der Waals surface area contributed by atoms with E-state index in [0.29, 0.717) is 5.57 Å². The molecular formula is C19H16F3N4O3S+. The number of carbonyl (C=O) groups excluding carboxylic acids is 3. The van der Waals surface area contributed by atoms with E-state index in [1.165, 1.54) is 24.4 Å². The number of halogens is 3. The summed E-state index contributed by atoms with van der Waals surface area (Å²) >= 11 is 1.10. The zero-order chi connectivity index (χ0) is 21.7. The fourth-order valence-electron chi connectivity index (χ4n) is 2.60. The predicted molar refractivity (Wildman–Crippen MR) is 103 cm³/mol. The van der Waals surface area contributed by atoms with E-state index < -0.39 is 34.3 Å². The summed E-state index contributed by atoms with van der Waals surface area (Å²) in [6.45, 7) is 0. The highest BCUT2D eigenvalue weighted by molar-refractivity contribution is 8.01. The fourth-order valence-corrected chi connectivity index (χ4v) is 3.67. The van der Waals surface area contributed by atoms with Gasteiger partial charge < -0.3 is 5.32 Å². The maximum absolute atomic E-state index is 12.8. The summed E-state index contributed by atoms with van der Waals surface area (Å²) in [6, 6.07) is 4.25. The molecule has 1 aromatic rings. The third kappa shape index (κ3) is 5.66. The van der Waals surface area contributed by atoms with Gasteiger partial charge in [0, 0.05) is 17.7 Å². The van der Waals surface area contributed by atoms with Gasteiger partial charge >= 0.3 is 6.18 Å². The van der Waals surface area contributed by atoms with Crippen molar-refractivity contribution in [3.8, 4) is 0 Å². The lowest BCUT2D eigenvalue weighted by atomic mass is 10.1. The Morgan fingerprint density at radius 1 is 1.27 bits per heavy atom. The third-order valence-electron chi connectivity index (χ3n) is 4.03. The number of carbonyl (C=O) groups is 3. The molecule has 0 aromatic heterocycles. The van der Waals surface area contributed by atoms with Crippen LogP contribution in [0, 0.1) is 0 Å². The Morgan fingerprint density at radius 3 is 2.77 bits per heavy atom. The lowest BCUT2D eigenvalue weighted by Gasteiger charge is -2.10. The number of ketones is 1. The first-order chi connectivity index (χ1) is 14.2. The van der Waals surface area contributed by atoms with Crippen molar-refractivity contribution in [3.05, 3.63) is 65.9 Å². The van der Waals surface area contributed by atoms with Crippen molar-refractivity contribution in [2.45, 2.75) is 23.3 Å². The van der Waals surface area contributed by atoms with Gasteiger partial charge in [-0.25, -0.2) is 0 Å². The van der Waals surface area contributed by atoms with Crippen molar-refractivity contribution in [1.82, 2.24) is 5.32 Å². The summed E-state index contributed by atoms with van der Waals surface area (Å²) in [6.07, 6.45) is 2.86. The number of alkyl halides is 3. The Bertz CT molecular complexity index is 985. The van der Waals surface area contributed by atoms with Crippen LogP contribution >= 0.6 is 11.8 Å². The van der Waals surface area contributed by atoms with E-state index in [2.05, 4.69) is 20.9 Å². The molecule has 2 amide bonds. The summed E-state index contributed by atoms with van der Waals surface area (Å²) in [5.74, 6) is -1.20. The van der Waals surface area contributed by atoms with Gasteiger partial charge in [-0.3, -0.25) is 19.7 Å². The Morgan fingerprint density at radius 2 is 2.03 bits per heavy atom. The van der Waals surface area contributed by atoms with Gasteiger partial charge in [-0.05, 0) is 47.2 Å². The van der Waals surface area contributed by atoms with Crippen LogP contribution in [0.1, 0.15) is 12.0 Å². The lowest BCUT2D eigenvalue weighted by molar-refractivity contribution is -0.546. The van der Waals surface area contributed by atoms with E-state index in [4.69, 9.17) is 0 Å². The third-order valence-corrected chi connectivity index (χ3v) is 5.23. The molecule has 1 heterocycles. The normalized spacial score (nSPS) is 22.7. The molecule has 3 rings (SSSR count). The number of nitrogens with one attached hydrogen (secondary N) is 3. The van der Waals surface area contributed by atoms with E-state index in [1.807, 2.05) is 0 Å². The summed E-state index contributed by atoms with van der Waals surface area (Å²) in [5.41, 5.74) is -1.13. The van der Waals surface area contributed by atoms with Crippen LogP contribution in [0.3, 0.4) is 0 Å². The number of hydrogen-bond donors (Lipinski definition) is 3. The van der Waals surface area contributed by atoms with Crippen LogP contribution < -0.4 is 15.7 Å². The van der Waals surface area contributed by atoms with Gasteiger partial charge in [0.25, 0.3) is 5.50 Å². The van der Waals surface area contributed by atoms with Crippen LogP contribution in [0.2, 0.25) is 0 Å². The molecule has 0 bridgehead atoms. The Labute approximate surface area is 173 Å². The minimum Gasteiger partial charge on any atom is -0.326 e. The number of allylic oxidation sites excluding steroid dienone is 5. The number of rotatable bonds is 5. The number of azo groups is 1. The summed E-state index contributed by atoms with van der Waals surface area (Å²) < 4.78 is 38.3. The van der Waals surface area contributed by atoms with Crippen LogP contribution in [-0.2, 0) is 20.6 Å². The molecule has 30 heavy (non-hydrogen) atoms. The standard InChI is InChI=1S/C19H15F3N4O3S/c20-19(21,22)12-5-3-6-13(8-12)24-16(28)9-15-17(29)25-18(30-15)26-23-10-11-4-1-2-7-14(11)27/h1-8,10,15,18H,9H2,(H,24,28)(H,25,29)/p+1/b11-10+,26-23?/t15-,18?/m0/s1. The first-order valence-corrected chi connectivity index (χ1v) is 9.64. The summed E-state index contributed by atoms with van der Waals surface area (Å²) in [4.78, 5) is 35.8. The van der Waals surface area contributed by atoms with Crippen molar-refractivity contribution in [3.63, 3.8) is 0 Å². The zero-order valence-corrected chi connectivity index (χ0v) is 16.1. The molecule has 0 radical (unpaired) electrons. The number of anilines is 1. The largest absolute Gasteiger partial charge is 0.416 e. The Balaban J connectivity index is 1.54. The Hall–Kier alpha value is -3.21. The number of hydrogen-bond acceptors (Lipinski definition) is 5. The van der Waals surface area contributed by atoms with Crippen LogP contribution in [0.4, 0.5) is 18.9 Å². The smallest absolute Gasteiger partial charge is 0.326 e. The quantitative estimate of drug-likeness (QED) is 0.482. The Kier molecular flexibility index (Phi) is 6.50. The number of thioether (sulfide) groups is 1. The fraction of sp³-hybridized carbons (Fsp3) is 0.211. The molecule has 3 N–H and O–H groups in total. The molecule has 2 atom stereocenters. The minimum atomic E-state index is -4.52. The van der Waals surface area contributed by atoms with Crippen LogP contribution in [0.5, 0.6) is 0 Å². The monoisotopic (exact) mass is 437 g/mol. The van der Waals surface area contributed by atoms with E-state index in [1.54, 1.807) is 18.2 Å². The molecule has 0 saturated carbocycles. The second kappa shape index (κ2) is 9.08. The molecule has 1 aromatic carbocycles. The topological polar surface area (TPSA) is 102 Å². The van der Waals surface area contributed by atoms with Gasteiger partial charge in [-0.2, -0.15) is 13.2 Å². The highest BCUT2D eigenvalue weighted by Crippen LogP contribution is 2.31. The summed E-state index contributed by atoms with van der Waals surface area (Å²) in [7, 11) is 0. The van der Waals surface area contributed by atoms with Crippen LogP contribution in [0.15, 0.2) is 65.5 Å². The molecule has 11 heteroatoms. The summed E-state index contributed by atoms with van der Waals surface area (Å²) in [5, 5.41) is 10.8. The maximum atomic E-state index is 12.8. The van der Waals surface area contributed by atoms with Gasteiger partial charge in [0.1, 0.15) is 11.4 Å². The van der Waals surface area contributed by atoms with Crippen molar-refractivity contribution < 1.29 is 32.7 Å². The average Bonchev–Trinajstić information content (AvgIpc) is 3.02. The maximum Gasteiger partial charge on any atom is 0.416 e. The number of amides is 2. The van der Waals surface area contributed by atoms with E-state index in [9.17, 15) is 27.6 Å². The number of nitrogens with zero attached hydrogens (tertiary/aromatic N) is 1. The molecule has 2 aliphatic rings. The van der Waals surface area contributed by atoms with Crippen molar-refractivity contribution in [1.29, 1.82) is 0 Å². The van der Waals surface area contributed by atoms with Gasteiger partial charge in [0.05, 0.1) is 5.56 Å². The molecule has 1 aliphatic carbocycles. The average molecular weight is 437 g/mol. The van der Waals surface area contributed by atoms with E-state index >= 15 is 0 Å². The SMILES string of the molecule is O=C(C[C@@H]1SC([NH+]=N/C=C2\C=CC=CC2=O)NC1=O)Nc1cccc(C(F)(F)F)c1. The second-order valence-corrected chi connectivity index (χ2v) is 7.58. The lowest BCUT2D eigenvalue weighted by Crippen LogP contribution is -2.76. The highest BCUT2D eigenvalue weighted by atomic mass is 32.2. The van der Waals surface area contributed by atoms with E-state index in [-0.39, 0.29) is 17.9 Å². The first-order valence-electron chi connectivity index (χ1n) is 8.70. The molecule has 156 valence electrons. The van der Waals surface area contributed by atoms with Crippen molar-refractivity contribution in [2.24, 2.45) is 5.11 Å². The molecular weight excluding hydrogens is 421 g/mol. The minimum absolute atomic E-state index is 0.00576. The zero-order valence-electron chi connectivity index (χ0n) is 15.3. The van der Waals surface area contributed by atoms with Gasteiger partial charge in [-0.15, -0.1) is 5.11 Å². The van der Waals surface area contributed by atoms with Crippen molar-refractivity contribution >= 4 is 35.0 Å². The molecule has 1 aliphatic heterocycles. The second-order valence-electron chi connectivity index (χ2n) is 6.27. The molecule has 1 unspecified atom stereocenters. The van der Waals surface area contributed by atoms with Crippen LogP contribution in [0.25, 0.3) is 0 Å². The predicted octanol–water partition coefficient (Wildman–Crippen LogP) is 1.66. The van der Waals surface area contributed by atoms with Gasteiger partial charge in [0.15, 0.2) is 5.78 Å². The number of benzene rings is 1. The van der Waals surface area contributed by atoms with Crippen molar-refractivity contribution in [2.75, 3.05) is 5.32 Å². The first kappa shape index (κ1) is 21.5.